The van der Waals surface area contributed by atoms with Gasteiger partial charge in [-0.3, -0.25) is 4.21 Å². The normalized spacial score (nSPS) is 13.2. The van der Waals surface area contributed by atoms with Crippen LogP contribution < -0.4 is 0 Å². The Morgan fingerprint density at radius 2 is 2.00 bits per heavy atom. The van der Waals surface area contributed by atoms with Crippen molar-refractivity contribution in [1.29, 1.82) is 5.26 Å². The fourth-order valence-corrected chi connectivity index (χ4v) is 2.14. The predicted molar refractivity (Wildman–Crippen MR) is 48.4 cm³/mol. The molecule has 0 aliphatic carbocycles. The van der Waals surface area contributed by atoms with E-state index in [0.29, 0.717) is 0 Å². The van der Waals surface area contributed by atoms with Crippen molar-refractivity contribution >= 4 is 10.8 Å². The molecule has 0 aliphatic rings. The fourth-order valence-electron chi connectivity index (χ4n) is 1.05. The van der Waals surface area contributed by atoms with Crippen molar-refractivity contribution in [3.8, 4) is 6.07 Å². The average Bonchev–Trinajstić information content (AvgIpc) is 2.14. The molecule has 0 radical (unpaired) electrons. The van der Waals surface area contributed by atoms with Crippen LogP contribution in [0, 0.1) is 17.1 Å². The Labute approximate surface area is 91.0 Å². The molecule has 0 aliphatic heterocycles. The molecule has 0 saturated carbocycles. The SMILES string of the molecule is N#Cc1cccc(F)c1S(=O)CC(F)(F)F. The standard InChI is InChI=1S/C9H5F4NOS/c10-7-3-1-2-6(4-14)8(7)16(15)5-9(11,12)13/h1-3H,5H2. The van der Waals surface area contributed by atoms with Gasteiger partial charge in [0.05, 0.1) is 21.3 Å². The van der Waals surface area contributed by atoms with Crippen molar-refractivity contribution in [1.82, 2.24) is 0 Å². The first-order valence-electron chi connectivity index (χ1n) is 3.99. The van der Waals surface area contributed by atoms with Gasteiger partial charge in [0.15, 0.2) is 0 Å². The molecule has 1 aromatic rings. The van der Waals surface area contributed by atoms with Gasteiger partial charge in [0.2, 0.25) is 0 Å². The second-order valence-electron chi connectivity index (χ2n) is 2.83. The number of alkyl halides is 3. The molecule has 1 unspecified atom stereocenters. The average molecular weight is 251 g/mol. The topological polar surface area (TPSA) is 40.9 Å². The summed E-state index contributed by atoms with van der Waals surface area (Å²) >= 11 is 0. The predicted octanol–water partition coefficient (Wildman–Crippen LogP) is 2.37. The van der Waals surface area contributed by atoms with E-state index in [1.54, 1.807) is 0 Å². The molecule has 0 N–H and O–H groups in total. The molecule has 1 atom stereocenters. The molecule has 1 aromatic carbocycles. The summed E-state index contributed by atoms with van der Waals surface area (Å²) in [6.07, 6.45) is -4.67. The minimum atomic E-state index is -4.67. The summed E-state index contributed by atoms with van der Waals surface area (Å²) in [5.41, 5.74) is -0.345. The van der Waals surface area contributed by atoms with E-state index in [-0.39, 0.29) is 5.56 Å². The molecule has 86 valence electrons. The van der Waals surface area contributed by atoms with Gasteiger partial charge in [0, 0.05) is 0 Å². The first-order valence-corrected chi connectivity index (χ1v) is 5.31. The molecule has 7 heteroatoms. The molecule has 0 bridgehead atoms. The first-order chi connectivity index (χ1) is 7.35. The van der Waals surface area contributed by atoms with E-state index in [2.05, 4.69) is 0 Å². The van der Waals surface area contributed by atoms with Gasteiger partial charge in [-0.2, -0.15) is 18.4 Å². The lowest BCUT2D eigenvalue weighted by Gasteiger charge is -2.08. The van der Waals surface area contributed by atoms with Crippen LogP contribution in [0.1, 0.15) is 5.56 Å². The number of halogens is 4. The first kappa shape index (κ1) is 12.6. The number of nitrogens with zero attached hydrogens (tertiary/aromatic N) is 1. The van der Waals surface area contributed by atoms with Crippen LogP contribution in [0.25, 0.3) is 0 Å². The zero-order valence-electron chi connectivity index (χ0n) is 7.71. The number of nitriles is 1. The summed E-state index contributed by atoms with van der Waals surface area (Å²) < 4.78 is 60.3. The summed E-state index contributed by atoms with van der Waals surface area (Å²) in [6.45, 7) is 0. The molecule has 16 heavy (non-hydrogen) atoms. The molecule has 0 heterocycles. The minimum absolute atomic E-state index is 0.345. The summed E-state index contributed by atoms with van der Waals surface area (Å²) in [7, 11) is -2.60. The van der Waals surface area contributed by atoms with Crippen LogP contribution in [-0.2, 0) is 10.8 Å². The van der Waals surface area contributed by atoms with Crippen molar-refractivity contribution in [2.75, 3.05) is 5.75 Å². The van der Waals surface area contributed by atoms with Crippen LogP contribution in [-0.4, -0.2) is 16.1 Å². The van der Waals surface area contributed by atoms with E-state index >= 15 is 0 Å². The zero-order chi connectivity index (χ0) is 12.3. The van der Waals surface area contributed by atoms with Gasteiger partial charge in [0.1, 0.15) is 17.6 Å². The Morgan fingerprint density at radius 1 is 1.38 bits per heavy atom. The van der Waals surface area contributed by atoms with Gasteiger partial charge in [0.25, 0.3) is 0 Å². The van der Waals surface area contributed by atoms with E-state index in [0.717, 1.165) is 12.1 Å². The zero-order valence-corrected chi connectivity index (χ0v) is 8.53. The van der Waals surface area contributed by atoms with Gasteiger partial charge in [-0.25, -0.2) is 4.39 Å². The number of benzene rings is 1. The van der Waals surface area contributed by atoms with Crippen LogP contribution in [0.15, 0.2) is 23.1 Å². The third kappa shape index (κ3) is 3.03. The van der Waals surface area contributed by atoms with Crippen LogP contribution in [0.4, 0.5) is 17.6 Å². The van der Waals surface area contributed by atoms with E-state index in [1.165, 1.54) is 12.1 Å². The summed E-state index contributed by atoms with van der Waals surface area (Å²) in [5, 5.41) is 8.56. The molecule has 0 fully saturated rings. The quantitative estimate of drug-likeness (QED) is 0.757. The molecule has 0 saturated heterocycles. The molecular weight excluding hydrogens is 246 g/mol. The monoisotopic (exact) mass is 251 g/mol. The van der Waals surface area contributed by atoms with Crippen LogP contribution in [0.2, 0.25) is 0 Å². The maximum absolute atomic E-state index is 13.2. The highest BCUT2D eigenvalue weighted by atomic mass is 32.2. The second-order valence-corrected chi connectivity index (χ2v) is 4.22. The molecule has 0 aromatic heterocycles. The molecule has 2 nitrogen and oxygen atoms in total. The second kappa shape index (κ2) is 4.61. The van der Waals surface area contributed by atoms with Gasteiger partial charge in [-0.15, -0.1) is 0 Å². The summed E-state index contributed by atoms with van der Waals surface area (Å²) in [4.78, 5) is -0.692. The maximum atomic E-state index is 13.2. The fraction of sp³-hybridized carbons (Fsp3) is 0.222. The van der Waals surface area contributed by atoms with E-state index in [1.807, 2.05) is 0 Å². The van der Waals surface area contributed by atoms with E-state index < -0.39 is 33.4 Å². The maximum Gasteiger partial charge on any atom is 0.400 e. The molecule has 0 spiro atoms. The van der Waals surface area contributed by atoms with Crippen LogP contribution in [0.3, 0.4) is 0 Å². The molecule has 1 rings (SSSR count). The van der Waals surface area contributed by atoms with Crippen molar-refractivity contribution < 1.29 is 21.8 Å². The van der Waals surface area contributed by atoms with Gasteiger partial charge in [-0.05, 0) is 12.1 Å². The summed E-state index contributed by atoms with van der Waals surface area (Å²) in [6, 6.07) is 4.65. The van der Waals surface area contributed by atoms with Crippen molar-refractivity contribution in [3.63, 3.8) is 0 Å². The number of hydrogen-bond donors (Lipinski definition) is 0. The smallest absolute Gasteiger partial charge is 0.254 e. The van der Waals surface area contributed by atoms with Gasteiger partial charge < -0.3 is 0 Å². The Kier molecular flexibility index (Phi) is 3.65. The van der Waals surface area contributed by atoms with Crippen molar-refractivity contribution in [3.05, 3.63) is 29.6 Å². The van der Waals surface area contributed by atoms with E-state index in [9.17, 15) is 21.8 Å². The van der Waals surface area contributed by atoms with Crippen molar-refractivity contribution in [2.24, 2.45) is 0 Å². The highest BCUT2D eigenvalue weighted by Crippen LogP contribution is 2.23. The van der Waals surface area contributed by atoms with Crippen molar-refractivity contribution in [2.45, 2.75) is 11.1 Å². The Morgan fingerprint density at radius 3 is 2.50 bits per heavy atom. The highest BCUT2D eigenvalue weighted by molar-refractivity contribution is 7.85. The minimum Gasteiger partial charge on any atom is -0.254 e. The van der Waals surface area contributed by atoms with Crippen LogP contribution >= 0.6 is 0 Å². The molecular formula is C9H5F4NOS. The van der Waals surface area contributed by atoms with Gasteiger partial charge in [-0.1, -0.05) is 6.07 Å². The lowest BCUT2D eigenvalue weighted by atomic mass is 10.2. The van der Waals surface area contributed by atoms with E-state index in [4.69, 9.17) is 5.26 Å². The largest absolute Gasteiger partial charge is 0.400 e. The molecule has 0 amide bonds. The third-order valence-corrected chi connectivity index (χ3v) is 3.07. The summed E-state index contributed by atoms with van der Waals surface area (Å²) in [5.74, 6) is -2.73. The van der Waals surface area contributed by atoms with Crippen LogP contribution in [0.5, 0.6) is 0 Å². The Bertz CT molecular complexity index is 464. The van der Waals surface area contributed by atoms with Gasteiger partial charge >= 0.3 is 6.18 Å². The number of hydrogen-bond acceptors (Lipinski definition) is 2. The highest BCUT2D eigenvalue weighted by Gasteiger charge is 2.32. The Hall–Kier alpha value is -1.42. The third-order valence-electron chi connectivity index (χ3n) is 1.61. The number of rotatable bonds is 2. The lowest BCUT2D eigenvalue weighted by molar-refractivity contribution is -0.105. The Balaban J connectivity index is 3.14. The lowest BCUT2D eigenvalue weighted by Crippen LogP contribution is -2.19.